The summed E-state index contributed by atoms with van der Waals surface area (Å²) < 4.78 is 5.10. The topological polar surface area (TPSA) is 31.6 Å². The maximum Gasteiger partial charge on any atom is 0.0947 e. The summed E-state index contributed by atoms with van der Waals surface area (Å²) in [5.74, 6) is 0. The SMILES string of the molecule is c1cc(CN2CCN(C3CNC3)CC2)co1. The molecule has 0 aromatic carbocycles. The lowest BCUT2D eigenvalue weighted by Gasteiger charge is -2.43. The van der Waals surface area contributed by atoms with Crippen LogP contribution in [0.5, 0.6) is 0 Å². The van der Waals surface area contributed by atoms with Crippen LogP contribution in [0.2, 0.25) is 0 Å². The molecule has 16 heavy (non-hydrogen) atoms. The summed E-state index contributed by atoms with van der Waals surface area (Å²) in [4.78, 5) is 5.12. The summed E-state index contributed by atoms with van der Waals surface area (Å²) in [6.45, 7) is 8.19. The number of nitrogens with zero attached hydrogens (tertiary/aromatic N) is 2. The van der Waals surface area contributed by atoms with E-state index in [-0.39, 0.29) is 0 Å². The summed E-state index contributed by atoms with van der Waals surface area (Å²) in [7, 11) is 0. The lowest BCUT2D eigenvalue weighted by molar-refractivity contribution is 0.0695. The Balaban J connectivity index is 1.47. The first-order valence-corrected chi connectivity index (χ1v) is 6.10. The minimum Gasteiger partial charge on any atom is -0.472 e. The smallest absolute Gasteiger partial charge is 0.0947 e. The molecule has 0 bridgehead atoms. The summed E-state index contributed by atoms with van der Waals surface area (Å²) in [5, 5.41) is 3.34. The third-order valence-corrected chi connectivity index (χ3v) is 3.67. The molecule has 2 saturated heterocycles. The van der Waals surface area contributed by atoms with E-state index in [1.54, 1.807) is 6.26 Å². The van der Waals surface area contributed by atoms with Crippen LogP contribution in [-0.4, -0.2) is 55.1 Å². The van der Waals surface area contributed by atoms with Crippen LogP contribution in [0.15, 0.2) is 23.0 Å². The number of hydrogen-bond donors (Lipinski definition) is 1. The quantitative estimate of drug-likeness (QED) is 0.799. The van der Waals surface area contributed by atoms with Crippen molar-refractivity contribution in [3.8, 4) is 0 Å². The Morgan fingerprint density at radius 2 is 2.06 bits per heavy atom. The van der Waals surface area contributed by atoms with E-state index in [1.165, 1.54) is 44.8 Å². The number of hydrogen-bond acceptors (Lipinski definition) is 4. The van der Waals surface area contributed by atoms with E-state index in [1.807, 2.05) is 6.26 Å². The van der Waals surface area contributed by atoms with Crippen LogP contribution in [0.3, 0.4) is 0 Å². The number of piperazine rings is 1. The van der Waals surface area contributed by atoms with Gasteiger partial charge in [-0.15, -0.1) is 0 Å². The van der Waals surface area contributed by atoms with Crippen molar-refractivity contribution in [2.24, 2.45) is 0 Å². The zero-order valence-electron chi connectivity index (χ0n) is 9.56. The molecule has 1 aromatic rings. The second-order valence-corrected chi connectivity index (χ2v) is 4.76. The average Bonchev–Trinajstić information content (AvgIpc) is 2.71. The highest BCUT2D eigenvalue weighted by atomic mass is 16.3. The second-order valence-electron chi connectivity index (χ2n) is 4.76. The van der Waals surface area contributed by atoms with E-state index < -0.39 is 0 Å². The number of furan rings is 1. The summed E-state index contributed by atoms with van der Waals surface area (Å²) in [6.07, 6.45) is 3.61. The van der Waals surface area contributed by atoms with Crippen LogP contribution in [0, 0.1) is 0 Å². The van der Waals surface area contributed by atoms with Gasteiger partial charge in [-0.3, -0.25) is 9.80 Å². The molecular formula is C12H19N3O. The molecule has 0 spiro atoms. The molecule has 2 aliphatic rings. The average molecular weight is 221 g/mol. The zero-order chi connectivity index (χ0) is 10.8. The van der Waals surface area contributed by atoms with Crippen molar-refractivity contribution >= 4 is 0 Å². The number of nitrogens with one attached hydrogen (secondary N) is 1. The Labute approximate surface area is 96.2 Å². The predicted molar refractivity (Wildman–Crippen MR) is 62.2 cm³/mol. The van der Waals surface area contributed by atoms with Crippen LogP contribution in [0.4, 0.5) is 0 Å². The van der Waals surface area contributed by atoms with Crippen molar-refractivity contribution in [2.45, 2.75) is 12.6 Å². The minimum absolute atomic E-state index is 0.802. The van der Waals surface area contributed by atoms with Crippen LogP contribution in [0.25, 0.3) is 0 Å². The molecule has 0 radical (unpaired) electrons. The van der Waals surface area contributed by atoms with Gasteiger partial charge in [0.2, 0.25) is 0 Å². The molecular weight excluding hydrogens is 202 g/mol. The Hall–Kier alpha value is -0.840. The fraction of sp³-hybridized carbons (Fsp3) is 0.667. The molecule has 2 fully saturated rings. The van der Waals surface area contributed by atoms with Crippen molar-refractivity contribution in [1.82, 2.24) is 15.1 Å². The zero-order valence-corrected chi connectivity index (χ0v) is 9.56. The first-order valence-electron chi connectivity index (χ1n) is 6.10. The van der Waals surface area contributed by atoms with E-state index >= 15 is 0 Å². The molecule has 0 atom stereocenters. The molecule has 3 heterocycles. The molecule has 0 saturated carbocycles. The highest BCUT2D eigenvalue weighted by molar-refractivity contribution is 5.05. The fourth-order valence-corrected chi connectivity index (χ4v) is 2.46. The van der Waals surface area contributed by atoms with Gasteiger partial charge in [0.1, 0.15) is 0 Å². The summed E-state index contributed by atoms with van der Waals surface area (Å²) in [6, 6.07) is 2.86. The first kappa shape index (κ1) is 10.3. The second kappa shape index (κ2) is 4.57. The predicted octanol–water partition coefficient (Wildman–Crippen LogP) is 0.369. The Morgan fingerprint density at radius 1 is 1.25 bits per heavy atom. The van der Waals surface area contributed by atoms with E-state index in [0.717, 1.165) is 12.6 Å². The molecule has 1 aromatic heterocycles. The Kier molecular flexibility index (Phi) is 2.95. The summed E-state index contributed by atoms with van der Waals surface area (Å²) in [5.41, 5.74) is 1.29. The Morgan fingerprint density at radius 3 is 2.62 bits per heavy atom. The lowest BCUT2D eigenvalue weighted by atomic mass is 10.1. The fourth-order valence-electron chi connectivity index (χ4n) is 2.46. The largest absolute Gasteiger partial charge is 0.472 e. The van der Waals surface area contributed by atoms with E-state index in [4.69, 9.17) is 4.42 Å². The van der Waals surface area contributed by atoms with Crippen LogP contribution < -0.4 is 5.32 Å². The number of rotatable bonds is 3. The van der Waals surface area contributed by atoms with Crippen molar-refractivity contribution in [3.63, 3.8) is 0 Å². The molecule has 0 aliphatic carbocycles. The van der Waals surface area contributed by atoms with Gasteiger partial charge < -0.3 is 9.73 Å². The molecule has 0 unspecified atom stereocenters. The van der Waals surface area contributed by atoms with E-state index in [2.05, 4.69) is 21.2 Å². The molecule has 2 aliphatic heterocycles. The molecule has 88 valence electrons. The summed E-state index contributed by atoms with van der Waals surface area (Å²) >= 11 is 0. The standard InChI is InChI=1S/C12H19N3O/c1-6-16-10-11(1)9-14-2-4-15(5-3-14)12-7-13-8-12/h1,6,10,12-13H,2-5,7-9H2. The maximum absolute atomic E-state index is 5.10. The van der Waals surface area contributed by atoms with Crippen molar-refractivity contribution in [2.75, 3.05) is 39.3 Å². The third-order valence-electron chi connectivity index (χ3n) is 3.67. The third kappa shape index (κ3) is 2.14. The normalized spacial score (nSPS) is 24.5. The van der Waals surface area contributed by atoms with Crippen molar-refractivity contribution < 1.29 is 4.42 Å². The lowest BCUT2D eigenvalue weighted by Crippen LogP contribution is -2.61. The van der Waals surface area contributed by atoms with Crippen LogP contribution in [0.1, 0.15) is 5.56 Å². The van der Waals surface area contributed by atoms with Gasteiger partial charge in [0.05, 0.1) is 12.5 Å². The molecule has 0 amide bonds. The van der Waals surface area contributed by atoms with Gasteiger partial charge in [0, 0.05) is 57.4 Å². The van der Waals surface area contributed by atoms with Crippen LogP contribution >= 0.6 is 0 Å². The van der Waals surface area contributed by atoms with E-state index in [9.17, 15) is 0 Å². The van der Waals surface area contributed by atoms with Gasteiger partial charge >= 0.3 is 0 Å². The van der Waals surface area contributed by atoms with Gasteiger partial charge in [-0.1, -0.05) is 0 Å². The maximum atomic E-state index is 5.10. The van der Waals surface area contributed by atoms with Crippen molar-refractivity contribution in [1.29, 1.82) is 0 Å². The Bertz CT molecular complexity index is 313. The first-order chi connectivity index (χ1) is 7.92. The monoisotopic (exact) mass is 221 g/mol. The highest BCUT2D eigenvalue weighted by Crippen LogP contribution is 2.12. The molecule has 3 rings (SSSR count). The van der Waals surface area contributed by atoms with Gasteiger partial charge in [0.15, 0.2) is 0 Å². The van der Waals surface area contributed by atoms with Crippen LogP contribution in [-0.2, 0) is 6.54 Å². The van der Waals surface area contributed by atoms with Gasteiger partial charge in [-0.05, 0) is 6.07 Å². The highest BCUT2D eigenvalue weighted by Gasteiger charge is 2.27. The van der Waals surface area contributed by atoms with Gasteiger partial charge in [0.25, 0.3) is 0 Å². The van der Waals surface area contributed by atoms with Gasteiger partial charge in [-0.25, -0.2) is 0 Å². The molecule has 1 N–H and O–H groups in total. The minimum atomic E-state index is 0.802. The molecule has 4 heteroatoms. The van der Waals surface area contributed by atoms with Gasteiger partial charge in [-0.2, -0.15) is 0 Å². The molecule has 4 nitrogen and oxygen atoms in total. The van der Waals surface area contributed by atoms with E-state index in [0.29, 0.717) is 0 Å². The van der Waals surface area contributed by atoms with Crippen molar-refractivity contribution in [3.05, 3.63) is 24.2 Å².